The number of benzene rings is 2. The Labute approximate surface area is 122 Å². The molecule has 2 aromatic rings. The van der Waals surface area contributed by atoms with Crippen LogP contribution < -0.4 is 15.8 Å². The highest BCUT2D eigenvalue weighted by Crippen LogP contribution is 2.27. The lowest BCUT2D eigenvalue weighted by Crippen LogP contribution is -2.12. The van der Waals surface area contributed by atoms with Gasteiger partial charge >= 0.3 is 0 Å². The van der Waals surface area contributed by atoms with Crippen molar-refractivity contribution in [2.24, 2.45) is 0 Å². The Morgan fingerprint density at radius 1 is 1.29 bits per heavy atom. The second-order valence-electron chi connectivity index (χ2n) is 4.58. The van der Waals surface area contributed by atoms with Gasteiger partial charge in [0.2, 0.25) is 0 Å². The molecule has 0 saturated carbocycles. The summed E-state index contributed by atoms with van der Waals surface area (Å²) in [5, 5.41) is 14.1. The van der Waals surface area contributed by atoms with Gasteiger partial charge in [-0.15, -0.1) is 0 Å². The van der Waals surface area contributed by atoms with Crippen LogP contribution >= 0.6 is 0 Å². The van der Waals surface area contributed by atoms with E-state index in [2.05, 4.69) is 5.32 Å². The molecule has 6 nitrogen and oxygen atoms in total. The molecule has 0 fully saturated rings. The van der Waals surface area contributed by atoms with Crippen molar-refractivity contribution in [3.8, 4) is 5.75 Å². The van der Waals surface area contributed by atoms with Gasteiger partial charge in [-0.25, -0.2) is 0 Å². The Hall–Kier alpha value is -2.76. The van der Waals surface area contributed by atoms with Crippen molar-refractivity contribution in [2.45, 2.75) is 6.92 Å². The monoisotopic (exact) mass is 287 g/mol. The van der Waals surface area contributed by atoms with Gasteiger partial charge in [0.05, 0.1) is 4.92 Å². The molecule has 0 aliphatic heterocycles. The predicted molar refractivity (Wildman–Crippen MR) is 82.7 cm³/mol. The summed E-state index contributed by atoms with van der Waals surface area (Å²) in [7, 11) is 0. The number of nitrogen functional groups attached to an aromatic ring is 1. The Bertz CT molecular complexity index is 644. The Balaban J connectivity index is 1.92. The number of nitro benzene ring substituents is 1. The minimum absolute atomic E-state index is 0.0986. The standard InChI is InChI=1S/C15H17N3O3/c1-11-4-2-7-14(15(11)18(19)20)17-8-9-21-13-6-3-5-12(16)10-13/h2-7,10,17H,8-9,16H2,1H3. The molecule has 6 heteroatoms. The highest BCUT2D eigenvalue weighted by Gasteiger charge is 2.15. The summed E-state index contributed by atoms with van der Waals surface area (Å²) in [5.74, 6) is 0.676. The van der Waals surface area contributed by atoms with Crippen LogP contribution in [0.5, 0.6) is 5.75 Å². The minimum atomic E-state index is -0.379. The molecule has 0 atom stereocenters. The lowest BCUT2D eigenvalue weighted by Gasteiger charge is -2.10. The van der Waals surface area contributed by atoms with E-state index in [4.69, 9.17) is 10.5 Å². The SMILES string of the molecule is Cc1cccc(NCCOc2cccc(N)c2)c1[N+](=O)[O-]. The Kier molecular flexibility index (Phi) is 4.61. The van der Waals surface area contributed by atoms with Gasteiger partial charge in [0.15, 0.2) is 0 Å². The van der Waals surface area contributed by atoms with E-state index in [9.17, 15) is 10.1 Å². The van der Waals surface area contributed by atoms with Crippen LogP contribution in [-0.2, 0) is 0 Å². The summed E-state index contributed by atoms with van der Waals surface area (Å²) < 4.78 is 5.53. The lowest BCUT2D eigenvalue weighted by molar-refractivity contribution is -0.384. The maximum Gasteiger partial charge on any atom is 0.295 e. The van der Waals surface area contributed by atoms with E-state index in [0.717, 1.165) is 0 Å². The number of nitro groups is 1. The number of nitrogens with zero attached hydrogens (tertiary/aromatic N) is 1. The maximum atomic E-state index is 11.1. The maximum absolute atomic E-state index is 11.1. The summed E-state index contributed by atoms with van der Waals surface area (Å²) in [6, 6.07) is 12.3. The van der Waals surface area contributed by atoms with E-state index in [-0.39, 0.29) is 10.6 Å². The molecule has 0 bridgehead atoms. The zero-order valence-electron chi connectivity index (χ0n) is 11.7. The summed E-state index contributed by atoms with van der Waals surface area (Å²) in [5.41, 5.74) is 7.51. The predicted octanol–water partition coefficient (Wildman–Crippen LogP) is 2.98. The molecule has 0 saturated heterocycles. The number of para-hydroxylation sites is 1. The number of hydrogen-bond acceptors (Lipinski definition) is 5. The number of ether oxygens (including phenoxy) is 1. The summed E-state index contributed by atoms with van der Waals surface area (Å²) in [6.07, 6.45) is 0. The summed E-state index contributed by atoms with van der Waals surface area (Å²) in [4.78, 5) is 10.7. The van der Waals surface area contributed by atoms with Crippen LogP contribution in [0.15, 0.2) is 42.5 Å². The van der Waals surface area contributed by atoms with Crippen LogP contribution in [0, 0.1) is 17.0 Å². The van der Waals surface area contributed by atoms with Crippen molar-refractivity contribution >= 4 is 17.1 Å². The van der Waals surface area contributed by atoms with Crippen LogP contribution in [-0.4, -0.2) is 18.1 Å². The van der Waals surface area contributed by atoms with E-state index in [1.807, 2.05) is 12.1 Å². The fourth-order valence-electron chi connectivity index (χ4n) is 2.00. The van der Waals surface area contributed by atoms with Crippen molar-refractivity contribution < 1.29 is 9.66 Å². The fraction of sp³-hybridized carbons (Fsp3) is 0.200. The van der Waals surface area contributed by atoms with Crippen LogP contribution in [0.1, 0.15) is 5.56 Å². The van der Waals surface area contributed by atoms with Crippen molar-refractivity contribution in [1.82, 2.24) is 0 Å². The van der Waals surface area contributed by atoms with Gasteiger partial charge in [-0.3, -0.25) is 10.1 Å². The minimum Gasteiger partial charge on any atom is -0.492 e. The molecule has 0 unspecified atom stereocenters. The van der Waals surface area contributed by atoms with Crippen molar-refractivity contribution in [1.29, 1.82) is 0 Å². The average molecular weight is 287 g/mol. The molecule has 0 aliphatic rings. The van der Waals surface area contributed by atoms with Gasteiger partial charge in [-0.1, -0.05) is 18.2 Å². The molecule has 3 N–H and O–H groups in total. The molecule has 0 spiro atoms. The second-order valence-corrected chi connectivity index (χ2v) is 4.58. The van der Waals surface area contributed by atoms with Crippen molar-refractivity contribution in [2.75, 3.05) is 24.2 Å². The average Bonchev–Trinajstić information content (AvgIpc) is 2.43. The third kappa shape index (κ3) is 3.85. The molecular weight excluding hydrogens is 270 g/mol. The highest BCUT2D eigenvalue weighted by atomic mass is 16.6. The van der Waals surface area contributed by atoms with Gasteiger partial charge in [-0.2, -0.15) is 0 Å². The zero-order chi connectivity index (χ0) is 15.2. The van der Waals surface area contributed by atoms with E-state index in [1.54, 1.807) is 37.3 Å². The smallest absolute Gasteiger partial charge is 0.295 e. The first-order chi connectivity index (χ1) is 10.1. The molecule has 2 rings (SSSR count). The second kappa shape index (κ2) is 6.60. The molecule has 0 aliphatic carbocycles. The number of nitrogens with one attached hydrogen (secondary N) is 1. The quantitative estimate of drug-likeness (QED) is 0.369. The fourth-order valence-corrected chi connectivity index (χ4v) is 2.00. The summed E-state index contributed by atoms with van der Waals surface area (Å²) in [6.45, 7) is 2.56. The van der Waals surface area contributed by atoms with Crippen LogP contribution in [0.2, 0.25) is 0 Å². The van der Waals surface area contributed by atoms with Crippen LogP contribution in [0.3, 0.4) is 0 Å². The van der Waals surface area contributed by atoms with Gasteiger partial charge in [0, 0.05) is 23.9 Å². The first-order valence-electron chi connectivity index (χ1n) is 6.54. The topological polar surface area (TPSA) is 90.4 Å². The zero-order valence-corrected chi connectivity index (χ0v) is 11.7. The third-order valence-corrected chi connectivity index (χ3v) is 2.96. The van der Waals surface area contributed by atoms with Gasteiger partial charge < -0.3 is 15.8 Å². The third-order valence-electron chi connectivity index (χ3n) is 2.96. The molecule has 0 amide bonds. The van der Waals surface area contributed by atoms with E-state index >= 15 is 0 Å². The van der Waals surface area contributed by atoms with Crippen molar-refractivity contribution in [3.05, 3.63) is 58.1 Å². The van der Waals surface area contributed by atoms with Crippen molar-refractivity contribution in [3.63, 3.8) is 0 Å². The number of nitrogens with two attached hydrogens (primary N) is 1. The molecule has 21 heavy (non-hydrogen) atoms. The molecule has 2 aromatic carbocycles. The van der Waals surface area contributed by atoms with Gasteiger partial charge in [-0.05, 0) is 25.1 Å². The molecular formula is C15H17N3O3. The summed E-state index contributed by atoms with van der Waals surface area (Å²) >= 11 is 0. The van der Waals surface area contributed by atoms with Gasteiger partial charge in [0.1, 0.15) is 18.0 Å². The number of hydrogen-bond donors (Lipinski definition) is 2. The molecule has 0 heterocycles. The lowest BCUT2D eigenvalue weighted by atomic mass is 10.1. The normalized spacial score (nSPS) is 10.1. The molecule has 110 valence electrons. The first kappa shape index (κ1) is 14.6. The van der Waals surface area contributed by atoms with Gasteiger partial charge in [0.25, 0.3) is 5.69 Å². The van der Waals surface area contributed by atoms with E-state index in [0.29, 0.717) is 35.8 Å². The number of anilines is 2. The molecule has 0 aromatic heterocycles. The molecule has 0 radical (unpaired) electrons. The number of rotatable bonds is 6. The van der Waals surface area contributed by atoms with E-state index in [1.165, 1.54) is 0 Å². The number of aryl methyl sites for hydroxylation is 1. The van der Waals surface area contributed by atoms with Crippen LogP contribution in [0.4, 0.5) is 17.1 Å². The van der Waals surface area contributed by atoms with Crippen LogP contribution in [0.25, 0.3) is 0 Å². The highest BCUT2D eigenvalue weighted by molar-refractivity contribution is 5.64. The first-order valence-corrected chi connectivity index (χ1v) is 6.54. The Morgan fingerprint density at radius 2 is 2.05 bits per heavy atom. The van der Waals surface area contributed by atoms with E-state index < -0.39 is 0 Å². The Morgan fingerprint density at radius 3 is 2.76 bits per heavy atom. The largest absolute Gasteiger partial charge is 0.492 e.